The van der Waals surface area contributed by atoms with Gasteiger partial charge in [-0.05, 0) is 29.0 Å². The largest absolute Gasteiger partial charge is 0.484 e. The fraction of sp³-hybridized carbons (Fsp3) is 0.143. The van der Waals surface area contributed by atoms with Gasteiger partial charge in [0, 0.05) is 0 Å². The SMILES string of the molecule is C=CC(CO)Oc1ccc2ccccc2c1. The molecule has 2 rings (SSSR count). The van der Waals surface area contributed by atoms with Crippen molar-refractivity contribution in [2.45, 2.75) is 6.10 Å². The highest BCUT2D eigenvalue weighted by Crippen LogP contribution is 2.21. The molecule has 2 aromatic rings. The summed E-state index contributed by atoms with van der Waals surface area (Å²) in [6.45, 7) is 3.55. The number of benzene rings is 2. The van der Waals surface area contributed by atoms with Gasteiger partial charge in [0.15, 0.2) is 0 Å². The van der Waals surface area contributed by atoms with Gasteiger partial charge in [0.25, 0.3) is 0 Å². The van der Waals surface area contributed by atoms with Gasteiger partial charge in [0.05, 0.1) is 6.61 Å². The summed E-state index contributed by atoms with van der Waals surface area (Å²) in [5.41, 5.74) is 0. The van der Waals surface area contributed by atoms with E-state index in [0.29, 0.717) is 0 Å². The summed E-state index contributed by atoms with van der Waals surface area (Å²) in [5, 5.41) is 11.3. The van der Waals surface area contributed by atoms with Crippen LogP contribution in [0.1, 0.15) is 0 Å². The first-order valence-corrected chi connectivity index (χ1v) is 5.22. The van der Waals surface area contributed by atoms with Crippen LogP contribution in [0.3, 0.4) is 0 Å². The Labute approximate surface area is 94.8 Å². The van der Waals surface area contributed by atoms with Crippen LogP contribution < -0.4 is 4.74 Å². The zero-order chi connectivity index (χ0) is 11.4. The maximum Gasteiger partial charge on any atom is 0.140 e. The first-order valence-electron chi connectivity index (χ1n) is 5.22. The van der Waals surface area contributed by atoms with Crippen LogP contribution in [0.4, 0.5) is 0 Å². The molecule has 0 amide bonds. The maximum absolute atomic E-state index is 9.00. The lowest BCUT2D eigenvalue weighted by Gasteiger charge is -2.13. The van der Waals surface area contributed by atoms with E-state index in [2.05, 4.69) is 12.6 Å². The Morgan fingerprint density at radius 3 is 2.62 bits per heavy atom. The second kappa shape index (κ2) is 4.81. The van der Waals surface area contributed by atoms with Crippen LogP contribution in [-0.2, 0) is 0 Å². The zero-order valence-corrected chi connectivity index (χ0v) is 8.97. The summed E-state index contributed by atoms with van der Waals surface area (Å²) in [6.07, 6.45) is 1.25. The predicted molar refractivity (Wildman–Crippen MR) is 65.6 cm³/mol. The molecule has 0 aromatic heterocycles. The molecule has 0 aliphatic rings. The highest BCUT2D eigenvalue weighted by Gasteiger charge is 2.04. The molecule has 0 bridgehead atoms. The van der Waals surface area contributed by atoms with Gasteiger partial charge in [-0.3, -0.25) is 0 Å². The molecule has 1 unspecified atom stereocenters. The minimum absolute atomic E-state index is 0.0592. The van der Waals surface area contributed by atoms with E-state index in [0.717, 1.165) is 11.1 Å². The molecule has 2 aromatic carbocycles. The lowest BCUT2D eigenvalue weighted by molar-refractivity contribution is 0.150. The number of ether oxygens (including phenoxy) is 1. The molecule has 1 N–H and O–H groups in total. The zero-order valence-electron chi connectivity index (χ0n) is 8.97. The van der Waals surface area contributed by atoms with Crippen LogP contribution >= 0.6 is 0 Å². The van der Waals surface area contributed by atoms with Gasteiger partial charge in [-0.1, -0.05) is 36.9 Å². The molecule has 0 fully saturated rings. The molecule has 2 heteroatoms. The molecule has 2 nitrogen and oxygen atoms in total. The van der Waals surface area contributed by atoms with Crippen molar-refractivity contribution in [3.8, 4) is 5.75 Å². The lowest BCUT2D eigenvalue weighted by Crippen LogP contribution is -2.17. The Morgan fingerprint density at radius 1 is 1.19 bits per heavy atom. The molecule has 16 heavy (non-hydrogen) atoms. The summed E-state index contributed by atoms with van der Waals surface area (Å²) in [6, 6.07) is 13.9. The fourth-order valence-electron chi connectivity index (χ4n) is 1.58. The van der Waals surface area contributed by atoms with Crippen molar-refractivity contribution in [2.24, 2.45) is 0 Å². The van der Waals surface area contributed by atoms with E-state index in [4.69, 9.17) is 9.84 Å². The maximum atomic E-state index is 9.00. The summed E-state index contributed by atoms with van der Waals surface area (Å²) >= 11 is 0. The van der Waals surface area contributed by atoms with Crippen molar-refractivity contribution in [3.63, 3.8) is 0 Å². The van der Waals surface area contributed by atoms with Crippen LogP contribution in [0.2, 0.25) is 0 Å². The molecule has 0 saturated heterocycles. The van der Waals surface area contributed by atoms with Gasteiger partial charge in [-0.25, -0.2) is 0 Å². The van der Waals surface area contributed by atoms with Crippen LogP contribution in [0.5, 0.6) is 5.75 Å². The van der Waals surface area contributed by atoms with Crippen molar-refractivity contribution in [3.05, 3.63) is 55.1 Å². The summed E-state index contributed by atoms with van der Waals surface area (Å²) in [4.78, 5) is 0. The lowest BCUT2D eigenvalue weighted by atomic mass is 10.1. The Morgan fingerprint density at radius 2 is 1.94 bits per heavy atom. The van der Waals surface area contributed by atoms with Gasteiger partial charge < -0.3 is 9.84 Å². The Hall–Kier alpha value is -1.80. The molecule has 82 valence electrons. The summed E-state index contributed by atoms with van der Waals surface area (Å²) in [5.74, 6) is 0.748. The third-order valence-electron chi connectivity index (χ3n) is 2.45. The highest BCUT2D eigenvalue weighted by atomic mass is 16.5. The number of aliphatic hydroxyl groups excluding tert-OH is 1. The average Bonchev–Trinajstić information content (AvgIpc) is 2.35. The highest BCUT2D eigenvalue weighted by molar-refractivity contribution is 5.83. The van der Waals surface area contributed by atoms with Crippen molar-refractivity contribution in [1.82, 2.24) is 0 Å². The molecular weight excluding hydrogens is 200 g/mol. The van der Waals surface area contributed by atoms with Crippen molar-refractivity contribution >= 4 is 10.8 Å². The van der Waals surface area contributed by atoms with Gasteiger partial charge in [-0.2, -0.15) is 0 Å². The molecule has 0 radical (unpaired) electrons. The quantitative estimate of drug-likeness (QED) is 0.793. The van der Waals surface area contributed by atoms with Crippen molar-refractivity contribution in [2.75, 3.05) is 6.61 Å². The molecule has 0 aliphatic carbocycles. The van der Waals surface area contributed by atoms with Crippen LogP contribution in [-0.4, -0.2) is 17.8 Å². The van der Waals surface area contributed by atoms with E-state index < -0.39 is 0 Å². The minimum atomic E-state index is -0.346. The van der Waals surface area contributed by atoms with Gasteiger partial charge in [-0.15, -0.1) is 0 Å². The topological polar surface area (TPSA) is 29.5 Å². The predicted octanol–water partition coefficient (Wildman–Crippen LogP) is 2.77. The smallest absolute Gasteiger partial charge is 0.140 e. The number of hydrogen-bond acceptors (Lipinski definition) is 2. The summed E-state index contributed by atoms with van der Waals surface area (Å²) in [7, 11) is 0. The average molecular weight is 214 g/mol. The molecule has 0 aliphatic heterocycles. The normalized spacial score (nSPS) is 12.3. The van der Waals surface area contributed by atoms with E-state index in [9.17, 15) is 0 Å². The first-order chi connectivity index (χ1) is 7.83. The molecule has 0 spiro atoms. The fourth-order valence-corrected chi connectivity index (χ4v) is 1.58. The number of rotatable bonds is 4. The third kappa shape index (κ3) is 2.23. The monoisotopic (exact) mass is 214 g/mol. The van der Waals surface area contributed by atoms with E-state index >= 15 is 0 Å². The van der Waals surface area contributed by atoms with E-state index in [1.807, 2.05) is 36.4 Å². The second-order valence-electron chi connectivity index (χ2n) is 3.58. The van der Waals surface area contributed by atoms with E-state index in [-0.39, 0.29) is 12.7 Å². The minimum Gasteiger partial charge on any atom is -0.484 e. The van der Waals surface area contributed by atoms with Gasteiger partial charge in [0.2, 0.25) is 0 Å². The Balaban J connectivity index is 2.28. The number of fused-ring (bicyclic) bond motifs is 1. The molecule has 1 atom stereocenters. The Bertz CT molecular complexity index is 491. The summed E-state index contributed by atoms with van der Waals surface area (Å²) < 4.78 is 5.55. The van der Waals surface area contributed by atoms with Crippen molar-refractivity contribution in [1.29, 1.82) is 0 Å². The molecular formula is C14H14O2. The third-order valence-corrected chi connectivity index (χ3v) is 2.45. The molecule has 0 heterocycles. The molecule has 0 saturated carbocycles. The standard InChI is InChI=1S/C14H14O2/c1-2-13(10-15)16-14-8-7-11-5-3-4-6-12(11)9-14/h2-9,13,15H,1,10H2. The number of hydrogen-bond donors (Lipinski definition) is 1. The van der Waals surface area contributed by atoms with E-state index in [1.54, 1.807) is 6.08 Å². The van der Waals surface area contributed by atoms with Crippen molar-refractivity contribution < 1.29 is 9.84 Å². The van der Waals surface area contributed by atoms with Gasteiger partial charge >= 0.3 is 0 Å². The van der Waals surface area contributed by atoms with E-state index in [1.165, 1.54) is 5.39 Å². The second-order valence-corrected chi connectivity index (χ2v) is 3.58. The number of aliphatic hydroxyl groups is 1. The van der Waals surface area contributed by atoms with Gasteiger partial charge in [0.1, 0.15) is 11.9 Å². The van der Waals surface area contributed by atoms with Crippen LogP contribution in [0, 0.1) is 0 Å². The van der Waals surface area contributed by atoms with Crippen LogP contribution in [0.25, 0.3) is 10.8 Å². The Kier molecular flexibility index (Phi) is 3.22. The first kappa shape index (κ1) is 10.7. The van der Waals surface area contributed by atoms with Crippen LogP contribution in [0.15, 0.2) is 55.1 Å².